The van der Waals surface area contributed by atoms with Crippen LogP contribution < -0.4 is 9.47 Å². The molecule has 2 unspecified atom stereocenters. The van der Waals surface area contributed by atoms with Crippen molar-refractivity contribution in [1.29, 1.82) is 0 Å². The Morgan fingerprint density at radius 3 is 1.44 bits per heavy atom. The molecule has 2 atom stereocenters. The molecular weight excluding hydrogens is 642 g/mol. The number of hydrogen-bond acceptors (Lipinski definition) is 26. The monoisotopic (exact) mass is 669 g/mol. The van der Waals surface area contributed by atoms with Crippen molar-refractivity contribution in [1.82, 2.24) is 4.90 Å². The first-order chi connectivity index (χ1) is 19.6. The first-order valence-corrected chi connectivity index (χ1v) is 11.4. The number of phenolic OH excluding ortho intramolecular Hbond substituents is 2. The number of ether oxygens (including phenoxy) is 2. The Morgan fingerprint density at radius 1 is 0.667 bits per heavy atom. The lowest BCUT2D eigenvalue weighted by Gasteiger charge is -2.62. The van der Waals surface area contributed by atoms with Crippen LogP contribution in [0, 0.1) is 0 Å². The fraction of sp³-hybridized carbons (Fsp3) is 0.632. The van der Waals surface area contributed by atoms with E-state index in [4.69, 9.17) is 15.3 Å². The summed E-state index contributed by atoms with van der Waals surface area (Å²) in [5.74, 6) is -36.9. The summed E-state index contributed by atoms with van der Waals surface area (Å²) in [7, 11) is 0. The standard InChI is InChI=1S/C19H27NO25/c21-5-3-1-2-20-9(4(3)6(22)8(45-19(41,42)43)7(5)44-18(38,39)40)11(24,25)10(23)12(26,15(20,30)31)14(28,29)13(27,16(32,33)34)17(35,36)37/h9,21-22,24-43H,1-2H2. The molecule has 0 radical (unpaired) electrons. The Balaban J connectivity index is 2.43. The SMILES string of the molecule is O=C1C(O)(O)C2c3c(O)c(OC(O)(O)O)c(OC(O)(O)O)c(O)c3CCN2C(O)(O)C1(O)C(O)(O)C(O)(C(O)(O)O)C(O)(O)O. The van der Waals surface area contributed by atoms with Crippen molar-refractivity contribution in [2.24, 2.45) is 0 Å². The predicted octanol–water partition coefficient (Wildman–Crippen LogP) is -12.8. The maximum absolute atomic E-state index is 13.3. The average Bonchev–Trinajstić information content (AvgIpc) is 2.83. The lowest BCUT2D eigenvalue weighted by Crippen LogP contribution is -2.93. The number of carbonyl (C=O) groups excluding carboxylic acids is 1. The third kappa shape index (κ3) is 4.95. The highest BCUT2D eigenvalue weighted by Gasteiger charge is 2.88. The number of fused-ring (bicyclic) bond motifs is 3. The number of nitrogens with zero attached hydrogens (tertiary/aromatic N) is 1. The zero-order valence-corrected chi connectivity index (χ0v) is 21.5. The molecule has 0 aromatic heterocycles. The van der Waals surface area contributed by atoms with Crippen LogP contribution in [0.15, 0.2) is 0 Å². The van der Waals surface area contributed by atoms with Gasteiger partial charge >= 0.3 is 24.3 Å². The van der Waals surface area contributed by atoms with Crippen LogP contribution in [0.4, 0.5) is 0 Å². The van der Waals surface area contributed by atoms with E-state index in [2.05, 4.69) is 9.47 Å². The molecule has 22 N–H and O–H groups in total. The molecule has 0 aliphatic carbocycles. The van der Waals surface area contributed by atoms with E-state index in [1.54, 1.807) is 0 Å². The molecule has 2 aliphatic rings. The van der Waals surface area contributed by atoms with Crippen LogP contribution >= 0.6 is 0 Å². The Hall–Kier alpha value is -2.75. The summed E-state index contributed by atoms with van der Waals surface area (Å²) < 4.78 is 8.18. The molecule has 3 rings (SSSR count). The van der Waals surface area contributed by atoms with Gasteiger partial charge in [0.2, 0.25) is 23.1 Å². The highest BCUT2D eigenvalue weighted by Crippen LogP contribution is 2.60. The highest BCUT2D eigenvalue weighted by molar-refractivity contribution is 5.97. The quantitative estimate of drug-likeness (QED) is 0.0902. The number of phenols is 2. The lowest BCUT2D eigenvalue weighted by atomic mass is 9.65. The van der Waals surface area contributed by atoms with Gasteiger partial charge in [0.15, 0.2) is 11.5 Å². The normalized spacial score (nSPS) is 24.6. The van der Waals surface area contributed by atoms with Crippen LogP contribution in [0.3, 0.4) is 0 Å². The second-order valence-corrected chi connectivity index (χ2v) is 10.00. The van der Waals surface area contributed by atoms with Crippen LogP contribution in [0.2, 0.25) is 0 Å². The third-order valence-electron chi connectivity index (χ3n) is 7.08. The second kappa shape index (κ2) is 9.88. The van der Waals surface area contributed by atoms with Gasteiger partial charge in [-0.1, -0.05) is 0 Å². The van der Waals surface area contributed by atoms with Crippen LogP contribution in [0.1, 0.15) is 17.2 Å². The summed E-state index contributed by atoms with van der Waals surface area (Å²) >= 11 is 0. The minimum absolute atomic E-state index is 0.456. The summed E-state index contributed by atoms with van der Waals surface area (Å²) in [6.45, 7) is -1.37. The van der Waals surface area contributed by atoms with E-state index in [-0.39, 0.29) is 0 Å². The fourth-order valence-electron chi connectivity index (χ4n) is 5.12. The number of ketones is 1. The average molecular weight is 669 g/mol. The summed E-state index contributed by atoms with van der Waals surface area (Å²) in [4.78, 5) is 12.9. The van der Waals surface area contributed by atoms with Gasteiger partial charge in [-0.25, -0.2) is 4.90 Å². The number of aliphatic hydroxyl groups is 20. The van der Waals surface area contributed by atoms with Gasteiger partial charge in [-0.05, 0) is 6.42 Å². The van der Waals surface area contributed by atoms with Crippen molar-refractivity contribution in [2.45, 2.75) is 65.4 Å². The van der Waals surface area contributed by atoms with Crippen LogP contribution in [-0.2, 0) is 11.2 Å². The maximum atomic E-state index is 13.3. The van der Waals surface area contributed by atoms with Crippen molar-refractivity contribution in [3.8, 4) is 23.0 Å². The smallest absolute Gasteiger partial charge is 0.453 e. The third-order valence-corrected chi connectivity index (χ3v) is 7.08. The molecule has 1 saturated heterocycles. The van der Waals surface area contributed by atoms with E-state index >= 15 is 0 Å². The van der Waals surface area contributed by atoms with Gasteiger partial charge < -0.3 is 122 Å². The van der Waals surface area contributed by atoms with E-state index in [9.17, 15) is 102 Å². The highest BCUT2D eigenvalue weighted by atomic mass is 16.9. The predicted molar refractivity (Wildman–Crippen MR) is 118 cm³/mol. The second-order valence-electron chi connectivity index (χ2n) is 10.00. The Labute approximate surface area is 244 Å². The van der Waals surface area contributed by atoms with Gasteiger partial charge in [0.25, 0.3) is 22.9 Å². The first-order valence-electron chi connectivity index (χ1n) is 11.4. The summed E-state index contributed by atoms with van der Waals surface area (Å²) in [5.41, 5.74) is -13.7. The molecule has 0 spiro atoms. The topological polar surface area (TPSA) is 484 Å². The zero-order chi connectivity index (χ0) is 35.5. The van der Waals surface area contributed by atoms with Crippen molar-refractivity contribution in [3.05, 3.63) is 11.1 Å². The van der Waals surface area contributed by atoms with E-state index in [0.29, 0.717) is 0 Å². The van der Waals surface area contributed by atoms with E-state index in [1.807, 2.05) is 0 Å². The van der Waals surface area contributed by atoms with Crippen molar-refractivity contribution < 1.29 is 127 Å². The maximum Gasteiger partial charge on any atom is 0.453 e. The zero-order valence-electron chi connectivity index (χ0n) is 21.5. The number of benzene rings is 1. The minimum atomic E-state index is -5.85. The lowest BCUT2D eigenvalue weighted by molar-refractivity contribution is -0.567. The fourth-order valence-corrected chi connectivity index (χ4v) is 5.12. The van der Waals surface area contributed by atoms with Gasteiger partial charge in [0, 0.05) is 17.7 Å². The molecule has 45 heavy (non-hydrogen) atoms. The molecular formula is C19H27NO25. The summed E-state index contributed by atoms with van der Waals surface area (Å²) in [5, 5.41) is 219. The van der Waals surface area contributed by atoms with E-state index < -0.39 is 117 Å². The molecule has 1 aromatic carbocycles. The molecule has 1 fully saturated rings. The van der Waals surface area contributed by atoms with Gasteiger partial charge in [-0.15, -0.1) is 0 Å². The van der Waals surface area contributed by atoms with Gasteiger partial charge in [-0.2, -0.15) is 0 Å². The number of Topliss-reactive ketones (excluding diaryl/α,β-unsaturated/α-hetero) is 1. The summed E-state index contributed by atoms with van der Waals surface area (Å²) in [6, 6.07) is -3.15. The van der Waals surface area contributed by atoms with Crippen molar-refractivity contribution >= 4 is 5.78 Å². The largest absolute Gasteiger partial charge is 0.504 e. The molecule has 0 amide bonds. The molecule has 258 valence electrons. The number of hydrogen-bond donors (Lipinski definition) is 22. The van der Waals surface area contributed by atoms with Crippen LogP contribution in [0.5, 0.6) is 23.0 Å². The first kappa shape index (κ1) is 36.7. The minimum Gasteiger partial charge on any atom is -0.504 e. The molecule has 0 saturated carbocycles. The van der Waals surface area contributed by atoms with Crippen LogP contribution in [0.25, 0.3) is 0 Å². The van der Waals surface area contributed by atoms with Gasteiger partial charge in [0.1, 0.15) is 6.04 Å². The Bertz CT molecular complexity index is 1350. The molecule has 2 aliphatic heterocycles. The van der Waals surface area contributed by atoms with Crippen LogP contribution in [-0.4, -0.2) is 183 Å². The number of carbonyl (C=O) groups is 1. The summed E-state index contributed by atoms with van der Waals surface area (Å²) in [6.07, 6.45) is -9.82. The van der Waals surface area contributed by atoms with Crippen molar-refractivity contribution in [3.63, 3.8) is 0 Å². The Kier molecular flexibility index (Phi) is 8.06. The molecule has 26 heteroatoms. The van der Waals surface area contributed by atoms with E-state index in [1.165, 1.54) is 0 Å². The molecule has 26 nitrogen and oxygen atoms in total. The van der Waals surface area contributed by atoms with Gasteiger partial charge in [-0.3, -0.25) is 4.79 Å². The molecule has 1 aromatic rings. The Morgan fingerprint density at radius 2 is 1.07 bits per heavy atom. The molecule has 2 heterocycles. The number of piperidine rings is 1. The number of rotatable bonds is 8. The van der Waals surface area contributed by atoms with E-state index in [0.717, 1.165) is 0 Å². The van der Waals surface area contributed by atoms with Gasteiger partial charge in [0.05, 0.1) is 0 Å². The molecule has 0 bridgehead atoms. The van der Waals surface area contributed by atoms with Crippen molar-refractivity contribution in [2.75, 3.05) is 6.54 Å². The number of aromatic hydroxyl groups is 2.